The molecule has 5 amide bonds. The van der Waals surface area contributed by atoms with E-state index in [-0.39, 0.29) is 18.8 Å². The highest BCUT2D eigenvalue weighted by molar-refractivity contribution is 5.99. The summed E-state index contributed by atoms with van der Waals surface area (Å²) in [6.07, 6.45) is 1.25. The maximum absolute atomic E-state index is 12.4. The number of nitrogens with two attached hydrogens (primary N) is 1. The van der Waals surface area contributed by atoms with Crippen molar-refractivity contribution < 1.29 is 33.5 Å². The first-order valence-electron chi connectivity index (χ1n) is 10.4. The van der Waals surface area contributed by atoms with Gasteiger partial charge in [0.05, 0.1) is 0 Å². The third kappa shape index (κ3) is 10.4. The molecule has 0 bridgehead atoms. The zero-order valence-corrected chi connectivity index (χ0v) is 19.2. The summed E-state index contributed by atoms with van der Waals surface area (Å²) in [6.45, 7) is 3.69. The van der Waals surface area contributed by atoms with Gasteiger partial charge in [-0.05, 0) is 25.5 Å². The molecule has 0 fully saturated rings. The summed E-state index contributed by atoms with van der Waals surface area (Å²) in [5.41, 5.74) is 8.03. The number of ketones is 1. The second-order valence-corrected chi connectivity index (χ2v) is 7.18. The monoisotopic (exact) mass is 475 g/mol. The Morgan fingerprint density at radius 1 is 0.971 bits per heavy atom. The Kier molecular flexibility index (Phi) is 11.5. The van der Waals surface area contributed by atoms with Crippen LogP contribution < -0.4 is 21.8 Å². The van der Waals surface area contributed by atoms with E-state index in [1.807, 2.05) is 6.07 Å². The van der Waals surface area contributed by atoms with Crippen molar-refractivity contribution in [2.24, 2.45) is 5.73 Å². The molecule has 0 aromatic heterocycles. The molecular formula is C22H29N5O7. The smallest absolute Gasteiger partial charge is 0.408 e. The van der Waals surface area contributed by atoms with Crippen LogP contribution in [0.1, 0.15) is 32.8 Å². The molecule has 0 saturated heterocycles. The Labute approximate surface area is 196 Å². The lowest BCUT2D eigenvalue weighted by atomic mass is 10.2. The molecule has 0 unspecified atom stereocenters. The van der Waals surface area contributed by atoms with Gasteiger partial charge < -0.3 is 21.1 Å². The van der Waals surface area contributed by atoms with Gasteiger partial charge in [0.1, 0.15) is 25.2 Å². The highest BCUT2D eigenvalue weighted by atomic mass is 16.5. The van der Waals surface area contributed by atoms with E-state index in [2.05, 4.69) is 16.1 Å². The molecule has 1 rings (SSSR count). The zero-order valence-electron chi connectivity index (χ0n) is 19.2. The van der Waals surface area contributed by atoms with Crippen molar-refractivity contribution in [2.45, 2.75) is 45.9 Å². The van der Waals surface area contributed by atoms with E-state index >= 15 is 0 Å². The number of hydrogen-bond acceptors (Lipinski definition) is 7. The van der Waals surface area contributed by atoms with E-state index in [4.69, 9.17) is 10.5 Å². The second kappa shape index (κ2) is 14.0. The molecule has 0 aliphatic carbocycles. The number of rotatable bonds is 11. The molecule has 184 valence electrons. The first kappa shape index (κ1) is 27.8. The van der Waals surface area contributed by atoms with E-state index < -0.39 is 48.4 Å². The molecular weight excluding hydrogens is 446 g/mol. The standard InChI is InChI=1S/C22H29N5O7/c1-4-17(28)10-11-19(30)27(12-18(23)29)26-21(32)15(3)24-20(31)14(2)25-22(33)34-13-16-8-6-5-7-9-16/h5-11,14-15H,4,12-13H2,1-3H3,(H2,23,29)(H,24,31)(H,25,33)(H,26,32)/b11-10+/t14-,15-/m0/s1. The van der Waals surface area contributed by atoms with Crippen LogP contribution in [0.25, 0.3) is 0 Å². The van der Waals surface area contributed by atoms with Gasteiger partial charge in [-0.3, -0.25) is 29.4 Å². The van der Waals surface area contributed by atoms with Gasteiger partial charge in [-0.25, -0.2) is 9.80 Å². The fourth-order valence-electron chi connectivity index (χ4n) is 2.34. The van der Waals surface area contributed by atoms with Gasteiger partial charge in [0, 0.05) is 12.5 Å². The van der Waals surface area contributed by atoms with E-state index in [1.54, 1.807) is 31.2 Å². The molecule has 12 heteroatoms. The molecule has 34 heavy (non-hydrogen) atoms. The van der Waals surface area contributed by atoms with Crippen molar-refractivity contribution in [1.82, 2.24) is 21.1 Å². The fraction of sp³-hybridized carbons (Fsp3) is 0.364. The van der Waals surface area contributed by atoms with E-state index in [1.165, 1.54) is 13.8 Å². The Balaban J connectivity index is 2.60. The average molecular weight is 476 g/mol. The van der Waals surface area contributed by atoms with Gasteiger partial charge >= 0.3 is 6.09 Å². The number of benzene rings is 1. The van der Waals surface area contributed by atoms with Crippen molar-refractivity contribution >= 4 is 35.5 Å². The molecule has 12 nitrogen and oxygen atoms in total. The Morgan fingerprint density at radius 3 is 2.18 bits per heavy atom. The minimum absolute atomic E-state index is 0.0157. The van der Waals surface area contributed by atoms with Gasteiger partial charge in [-0.1, -0.05) is 37.3 Å². The first-order valence-corrected chi connectivity index (χ1v) is 10.4. The number of carbonyl (C=O) groups is 6. The van der Waals surface area contributed by atoms with Crippen LogP contribution in [0, 0.1) is 0 Å². The molecule has 0 saturated carbocycles. The lowest BCUT2D eigenvalue weighted by Gasteiger charge is -2.24. The predicted octanol–water partition coefficient (Wildman–Crippen LogP) is -0.314. The number of nitrogens with one attached hydrogen (secondary N) is 3. The molecule has 2 atom stereocenters. The summed E-state index contributed by atoms with van der Waals surface area (Å²) in [4.78, 5) is 71.4. The molecule has 1 aromatic carbocycles. The van der Waals surface area contributed by atoms with Crippen LogP contribution in [-0.2, 0) is 35.3 Å². The number of hydrazine groups is 1. The maximum atomic E-state index is 12.4. The van der Waals surface area contributed by atoms with Crippen molar-refractivity contribution in [1.29, 1.82) is 0 Å². The summed E-state index contributed by atoms with van der Waals surface area (Å²) in [5.74, 6) is -3.63. The van der Waals surface area contributed by atoms with Gasteiger partial charge in [0.2, 0.25) is 11.8 Å². The summed E-state index contributed by atoms with van der Waals surface area (Å²) in [7, 11) is 0. The summed E-state index contributed by atoms with van der Waals surface area (Å²) in [6, 6.07) is 6.75. The summed E-state index contributed by atoms with van der Waals surface area (Å²) >= 11 is 0. The second-order valence-electron chi connectivity index (χ2n) is 7.18. The minimum Gasteiger partial charge on any atom is -0.445 e. The number of carbonyl (C=O) groups excluding carboxylic acids is 6. The summed E-state index contributed by atoms with van der Waals surface area (Å²) in [5, 5.41) is 5.33. The predicted molar refractivity (Wildman–Crippen MR) is 120 cm³/mol. The lowest BCUT2D eigenvalue weighted by molar-refractivity contribution is -0.142. The van der Waals surface area contributed by atoms with Crippen LogP contribution in [0.2, 0.25) is 0 Å². The Morgan fingerprint density at radius 2 is 1.59 bits per heavy atom. The van der Waals surface area contributed by atoms with Crippen molar-refractivity contribution in [2.75, 3.05) is 6.54 Å². The normalized spacial score (nSPS) is 12.2. The van der Waals surface area contributed by atoms with Crippen LogP contribution >= 0.6 is 0 Å². The molecule has 0 radical (unpaired) electrons. The number of nitrogens with zero attached hydrogens (tertiary/aromatic N) is 1. The third-order valence-electron chi connectivity index (χ3n) is 4.28. The quantitative estimate of drug-likeness (QED) is 0.250. The van der Waals surface area contributed by atoms with Crippen molar-refractivity contribution in [3.05, 3.63) is 48.0 Å². The topological polar surface area (TPSA) is 177 Å². The SMILES string of the molecule is CCC(=O)/C=C/C(=O)N(CC(N)=O)NC(=O)[C@H](C)NC(=O)[C@H](C)NC(=O)OCc1ccccc1. The van der Waals surface area contributed by atoms with Crippen LogP contribution in [0.5, 0.6) is 0 Å². The zero-order chi connectivity index (χ0) is 25.7. The fourth-order valence-corrected chi connectivity index (χ4v) is 2.34. The largest absolute Gasteiger partial charge is 0.445 e. The number of ether oxygens (including phenoxy) is 1. The Hall–Kier alpha value is -4.22. The summed E-state index contributed by atoms with van der Waals surface area (Å²) < 4.78 is 5.04. The van der Waals surface area contributed by atoms with E-state index in [0.717, 1.165) is 17.7 Å². The molecule has 0 aliphatic heterocycles. The molecule has 0 aliphatic rings. The van der Waals surface area contributed by atoms with E-state index in [0.29, 0.717) is 5.01 Å². The van der Waals surface area contributed by atoms with Gasteiger partial charge in [0.25, 0.3) is 11.8 Å². The average Bonchev–Trinajstić information content (AvgIpc) is 2.80. The number of allylic oxidation sites excluding steroid dienone is 1. The minimum atomic E-state index is -1.15. The van der Waals surface area contributed by atoms with Gasteiger partial charge in [-0.15, -0.1) is 0 Å². The van der Waals surface area contributed by atoms with Crippen molar-refractivity contribution in [3.8, 4) is 0 Å². The van der Waals surface area contributed by atoms with Crippen LogP contribution in [-0.4, -0.2) is 59.1 Å². The van der Waals surface area contributed by atoms with Crippen LogP contribution in [0.15, 0.2) is 42.5 Å². The number of amides is 5. The van der Waals surface area contributed by atoms with E-state index in [9.17, 15) is 28.8 Å². The highest BCUT2D eigenvalue weighted by Gasteiger charge is 2.24. The third-order valence-corrected chi connectivity index (χ3v) is 4.28. The van der Waals surface area contributed by atoms with Crippen LogP contribution in [0.4, 0.5) is 4.79 Å². The highest BCUT2D eigenvalue weighted by Crippen LogP contribution is 2.01. The number of alkyl carbamates (subject to hydrolysis) is 1. The van der Waals surface area contributed by atoms with Gasteiger partial charge in [0.15, 0.2) is 5.78 Å². The molecule has 0 spiro atoms. The molecule has 1 aromatic rings. The molecule has 5 N–H and O–H groups in total. The maximum Gasteiger partial charge on any atom is 0.408 e. The first-order chi connectivity index (χ1) is 16.0. The number of primary amides is 1. The molecule has 0 heterocycles. The van der Waals surface area contributed by atoms with Crippen LogP contribution in [0.3, 0.4) is 0 Å². The Bertz CT molecular complexity index is 933. The lowest BCUT2D eigenvalue weighted by Crippen LogP contribution is -2.56. The van der Waals surface area contributed by atoms with Crippen molar-refractivity contribution in [3.63, 3.8) is 0 Å². The number of hydrogen-bond donors (Lipinski definition) is 4. The van der Waals surface area contributed by atoms with Gasteiger partial charge in [-0.2, -0.15) is 0 Å².